The third-order valence-corrected chi connectivity index (χ3v) is 7.63. The van der Waals surface area contributed by atoms with E-state index in [-0.39, 0.29) is 35.0 Å². The number of sulfonamides is 2. The molecular weight excluding hydrogens is 384 g/mol. The molecule has 2 aliphatic rings. The molecule has 0 amide bonds. The lowest BCUT2D eigenvalue weighted by Crippen LogP contribution is -2.61. The van der Waals surface area contributed by atoms with Crippen LogP contribution in [0.2, 0.25) is 0 Å². The minimum Gasteiger partial charge on any atom is -0.379 e. The van der Waals surface area contributed by atoms with E-state index in [1.807, 2.05) is 0 Å². The summed E-state index contributed by atoms with van der Waals surface area (Å²) in [5.41, 5.74) is 0. The Morgan fingerprint density at radius 1 is 0.625 bits per heavy atom. The molecule has 24 heavy (non-hydrogen) atoms. The normalized spacial score (nSPS) is 23.3. The third-order valence-electron chi connectivity index (χ3n) is 3.61. The van der Waals surface area contributed by atoms with Gasteiger partial charge >= 0.3 is 10.5 Å². The molecule has 0 spiro atoms. The molecule has 2 aliphatic heterocycles. The molecule has 0 aromatic heterocycles. The Hall–Kier alpha value is -0.540. The molecule has 0 atom stereocenters. The SMILES string of the molecule is O=S(=O)(N1CCOCC1)C(F)(F)C(F)(F)S(=O)(=O)N1CCOCC1. The predicted molar refractivity (Wildman–Crippen MR) is 72.5 cm³/mol. The Balaban J connectivity index is 2.37. The van der Waals surface area contributed by atoms with Crippen LogP contribution in [0.3, 0.4) is 0 Å². The lowest BCUT2D eigenvalue weighted by Gasteiger charge is -2.35. The van der Waals surface area contributed by atoms with Crippen LogP contribution in [0, 0.1) is 0 Å². The van der Waals surface area contributed by atoms with Crippen LogP contribution in [0.5, 0.6) is 0 Å². The van der Waals surface area contributed by atoms with E-state index in [1.165, 1.54) is 0 Å². The van der Waals surface area contributed by atoms with Gasteiger partial charge in [0.25, 0.3) is 20.0 Å². The monoisotopic (exact) mass is 400 g/mol. The molecule has 0 bridgehead atoms. The molecule has 0 radical (unpaired) electrons. The zero-order chi connectivity index (χ0) is 18.2. The average molecular weight is 400 g/mol. The molecule has 0 N–H and O–H groups in total. The second-order valence-corrected chi connectivity index (χ2v) is 9.02. The average Bonchev–Trinajstić information content (AvgIpc) is 2.56. The van der Waals surface area contributed by atoms with Gasteiger partial charge in [0.15, 0.2) is 0 Å². The molecule has 0 saturated carbocycles. The molecule has 2 heterocycles. The largest absolute Gasteiger partial charge is 0.437 e. The van der Waals surface area contributed by atoms with Crippen molar-refractivity contribution in [3.8, 4) is 0 Å². The van der Waals surface area contributed by atoms with E-state index in [2.05, 4.69) is 0 Å². The number of ether oxygens (including phenoxy) is 2. The van der Waals surface area contributed by atoms with E-state index in [0.29, 0.717) is 0 Å². The van der Waals surface area contributed by atoms with Gasteiger partial charge < -0.3 is 9.47 Å². The number of hydrogen-bond acceptors (Lipinski definition) is 6. The summed E-state index contributed by atoms with van der Waals surface area (Å²) >= 11 is 0. The first-order valence-electron chi connectivity index (χ1n) is 6.87. The number of alkyl halides is 4. The van der Waals surface area contributed by atoms with E-state index in [4.69, 9.17) is 9.47 Å². The van der Waals surface area contributed by atoms with Crippen molar-refractivity contribution < 1.29 is 43.9 Å². The summed E-state index contributed by atoms with van der Waals surface area (Å²) in [6.07, 6.45) is 0. The van der Waals surface area contributed by atoms with E-state index < -0.39 is 56.7 Å². The van der Waals surface area contributed by atoms with Crippen molar-refractivity contribution in [2.45, 2.75) is 10.5 Å². The van der Waals surface area contributed by atoms with Gasteiger partial charge in [-0.1, -0.05) is 0 Å². The molecular formula is C10H16F4N2O6S2. The summed E-state index contributed by atoms with van der Waals surface area (Å²) in [7, 11) is -11.8. The Morgan fingerprint density at radius 2 is 0.875 bits per heavy atom. The molecule has 8 nitrogen and oxygen atoms in total. The highest BCUT2D eigenvalue weighted by molar-refractivity contribution is 7.94. The maximum Gasteiger partial charge on any atom is 0.437 e. The second kappa shape index (κ2) is 6.64. The molecule has 2 saturated heterocycles. The molecule has 2 fully saturated rings. The molecule has 0 aliphatic carbocycles. The highest BCUT2D eigenvalue weighted by Crippen LogP contribution is 2.45. The van der Waals surface area contributed by atoms with E-state index in [1.54, 1.807) is 0 Å². The number of morpholine rings is 2. The maximum atomic E-state index is 14.2. The fourth-order valence-electron chi connectivity index (χ4n) is 2.20. The van der Waals surface area contributed by atoms with Crippen LogP contribution in [0.4, 0.5) is 17.6 Å². The number of halogens is 4. The highest BCUT2D eigenvalue weighted by atomic mass is 32.2. The van der Waals surface area contributed by atoms with Crippen molar-refractivity contribution in [1.82, 2.24) is 8.61 Å². The summed E-state index contributed by atoms with van der Waals surface area (Å²) in [5, 5.41) is -11.6. The van der Waals surface area contributed by atoms with Crippen LogP contribution in [0.15, 0.2) is 0 Å². The summed E-state index contributed by atoms with van der Waals surface area (Å²) in [6.45, 7) is -3.27. The van der Waals surface area contributed by atoms with Gasteiger partial charge in [-0.25, -0.2) is 16.8 Å². The summed E-state index contributed by atoms with van der Waals surface area (Å²) in [5.74, 6) is 0. The highest BCUT2D eigenvalue weighted by Gasteiger charge is 2.75. The first kappa shape index (κ1) is 19.8. The molecule has 0 unspecified atom stereocenters. The van der Waals surface area contributed by atoms with Crippen molar-refractivity contribution >= 4 is 20.0 Å². The molecule has 142 valence electrons. The Morgan fingerprint density at radius 3 is 1.12 bits per heavy atom. The van der Waals surface area contributed by atoms with Crippen LogP contribution in [-0.4, -0.2) is 88.6 Å². The van der Waals surface area contributed by atoms with Crippen LogP contribution in [0.25, 0.3) is 0 Å². The van der Waals surface area contributed by atoms with Gasteiger partial charge in [-0.3, -0.25) is 0 Å². The number of rotatable bonds is 5. The van der Waals surface area contributed by atoms with E-state index in [0.717, 1.165) is 0 Å². The van der Waals surface area contributed by atoms with Gasteiger partial charge in [0, 0.05) is 26.2 Å². The zero-order valence-electron chi connectivity index (χ0n) is 12.3. The summed E-state index contributed by atoms with van der Waals surface area (Å²) in [4.78, 5) is 0. The standard InChI is InChI=1S/C10H16F4N2O6S2/c11-9(12,23(17,18)15-1-5-21-6-2-15)10(13,14)24(19,20)16-3-7-22-8-4-16/h1-8H2. The van der Waals surface area contributed by atoms with Crippen LogP contribution >= 0.6 is 0 Å². The van der Waals surface area contributed by atoms with Crippen molar-refractivity contribution in [1.29, 1.82) is 0 Å². The first-order valence-corrected chi connectivity index (χ1v) is 9.75. The predicted octanol–water partition coefficient (Wildman–Crippen LogP) is -0.504. The Bertz CT molecular complexity index is 599. The van der Waals surface area contributed by atoms with Crippen molar-refractivity contribution in [2.24, 2.45) is 0 Å². The van der Waals surface area contributed by atoms with Gasteiger partial charge in [-0.15, -0.1) is 0 Å². The lowest BCUT2D eigenvalue weighted by atomic mass is 10.5. The molecule has 2 rings (SSSR count). The quantitative estimate of drug-likeness (QED) is 0.578. The minimum absolute atomic E-state index is 0.110. The van der Waals surface area contributed by atoms with Crippen LogP contribution in [-0.2, 0) is 29.5 Å². The maximum absolute atomic E-state index is 14.2. The number of nitrogens with zero attached hydrogens (tertiary/aromatic N) is 2. The van der Waals surface area contributed by atoms with Crippen LogP contribution in [0.1, 0.15) is 0 Å². The fourth-order valence-corrected chi connectivity index (χ4v) is 5.34. The molecule has 14 heteroatoms. The van der Waals surface area contributed by atoms with Gasteiger partial charge in [-0.05, 0) is 0 Å². The Labute approximate surface area is 136 Å². The number of hydrogen-bond donors (Lipinski definition) is 0. The van der Waals surface area contributed by atoms with Gasteiger partial charge in [0.05, 0.1) is 26.4 Å². The van der Waals surface area contributed by atoms with Crippen molar-refractivity contribution in [2.75, 3.05) is 52.6 Å². The fraction of sp³-hybridized carbons (Fsp3) is 1.00. The van der Waals surface area contributed by atoms with Crippen molar-refractivity contribution in [3.63, 3.8) is 0 Å². The third kappa shape index (κ3) is 3.03. The summed E-state index contributed by atoms with van der Waals surface area (Å²) in [6, 6.07) is 0. The topological polar surface area (TPSA) is 93.2 Å². The first-order chi connectivity index (χ1) is 11.0. The second-order valence-electron chi connectivity index (χ2n) is 5.07. The van der Waals surface area contributed by atoms with Gasteiger partial charge in [-0.2, -0.15) is 26.2 Å². The summed E-state index contributed by atoms with van der Waals surface area (Å²) < 4.78 is 114. The zero-order valence-corrected chi connectivity index (χ0v) is 14.0. The van der Waals surface area contributed by atoms with E-state index in [9.17, 15) is 34.4 Å². The van der Waals surface area contributed by atoms with Gasteiger partial charge in [0.2, 0.25) is 0 Å². The van der Waals surface area contributed by atoms with Gasteiger partial charge in [0.1, 0.15) is 0 Å². The Kier molecular flexibility index (Phi) is 5.47. The minimum atomic E-state index is -5.91. The van der Waals surface area contributed by atoms with E-state index >= 15 is 0 Å². The lowest BCUT2D eigenvalue weighted by molar-refractivity contribution is -0.105. The van der Waals surface area contributed by atoms with Crippen molar-refractivity contribution in [3.05, 3.63) is 0 Å². The smallest absolute Gasteiger partial charge is 0.379 e. The molecule has 0 aromatic rings. The van der Waals surface area contributed by atoms with Crippen LogP contribution < -0.4 is 0 Å². The molecule has 0 aromatic carbocycles.